The summed E-state index contributed by atoms with van der Waals surface area (Å²) in [5.41, 5.74) is -0.660. The molecule has 1 aromatic carbocycles. The van der Waals surface area contributed by atoms with Gasteiger partial charge in [-0.25, -0.2) is 4.98 Å². The lowest BCUT2D eigenvalue weighted by molar-refractivity contribution is -0.137. The largest absolute Gasteiger partial charge is 0.416 e. The van der Waals surface area contributed by atoms with Crippen LogP contribution in [0.15, 0.2) is 24.3 Å². The van der Waals surface area contributed by atoms with Crippen LogP contribution in [-0.2, 0) is 9.97 Å². The molecule has 1 saturated heterocycles. The van der Waals surface area contributed by atoms with Gasteiger partial charge in [-0.2, -0.15) is 23.1 Å². The molecule has 158 valence electrons. The van der Waals surface area contributed by atoms with Gasteiger partial charge in [-0.1, -0.05) is 46.9 Å². The van der Waals surface area contributed by atoms with Crippen molar-refractivity contribution in [2.75, 3.05) is 32.0 Å². The van der Waals surface area contributed by atoms with Gasteiger partial charge < -0.3 is 10.2 Å². The second-order valence-electron chi connectivity index (χ2n) is 7.01. The number of likely N-dealkylation sites (tertiary alicyclic amines) is 1. The van der Waals surface area contributed by atoms with Crippen molar-refractivity contribution in [2.24, 2.45) is 5.92 Å². The average molecular weight is 469 g/mol. The molecule has 1 aromatic heterocycles. The zero-order valence-corrected chi connectivity index (χ0v) is 17.7. The van der Waals surface area contributed by atoms with Crippen LogP contribution in [0.2, 0.25) is 0 Å². The fourth-order valence-electron chi connectivity index (χ4n) is 3.05. The van der Waals surface area contributed by atoms with Crippen LogP contribution in [0.1, 0.15) is 24.2 Å². The number of halogens is 6. The topological polar surface area (TPSA) is 53.9 Å². The molecule has 3 rings (SSSR count). The molecule has 0 atom stereocenters. The summed E-state index contributed by atoms with van der Waals surface area (Å²) in [6, 6.07) is 4.67. The number of rotatable bonds is 4. The lowest BCUT2D eigenvalue weighted by Crippen LogP contribution is -2.33. The van der Waals surface area contributed by atoms with Crippen molar-refractivity contribution in [3.8, 4) is 11.4 Å². The number of hydrogen-bond donors (Lipinski definition) is 1. The van der Waals surface area contributed by atoms with Crippen molar-refractivity contribution in [3.05, 3.63) is 35.7 Å². The lowest BCUT2D eigenvalue weighted by atomic mass is 9.97. The van der Waals surface area contributed by atoms with E-state index in [4.69, 9.17) is 34.8 Å². The second-order valence-corrected chi connectivity index (χ2v) is 9.29. The maximum atomic E-state index is 13.1. The Bertz CT molecular complexity index is 849. The molecule has 0 amide bonds. The third-order valence-electron chi connectivity index (χ3n) is 4.72. The second kappa shape index (κ2) is 8.79. The van der Waals surface area contributed by atoms with Gasteiger partial charge in [0.15, 0.2) is 11.6 Å². The molecular weight excluding hydrogens is 450 g/mol. The van der Waals surface area contributed by atoms with Gasteiger partial charge in [-0.05, 0) is 51.0 Å². The number of benzene rings is 1. The number of anilines is 1. The van der Waals surface area contributed by atoms with E-state index in [1.165, 1.54) is 12.1 Å². The van der Waals surface area contributed by atoms with E-state index in [9.17, 15) is 13.2 Å². The molecule has 0 saturated carbocycles. The summed E-state index contributed by atoms with van der Waals surface area (Å²) in [6.07, 6.45) is -2.45. The Morgan fingerprint density at radius 2 is 1.79 bits per heavy atom. The van der Waals surface area contributed by atoms with Crippen molar-refractivity contribution in [1.82, 2.24) is 19.9 Å². The summed E-state index contributed by atoms with van der Waals surface area (Å²) in [5, 5.41) is 3.12. The van der Waals surface area contributed by atoms with Gasteiger partial charge in [0, 0.05) is 12.1 Å². The molecule has 0 aliphatic carbocycles. The van der Waals surface area contributed by atoms with Crippen LogP contribution in [0, 0.1) is 5.92 Å². The van der Waals surface area contributed by atoms with Crippen molar-refractivity contribution < 1.29 is 13.2 Å². The highest BCUT2D eigenvalue weighted by Gasteiger charge is 2.32. The van der Waals surface area contributed by atoms with E-state index in [0.717, 1.165) is 38.1 Å². The third-order valence-corrected chi connectivity index (χ3v) is 5.23. The molecule has 1 aliphatic rings. The van der Waals surface area contributed by atoms with Crippen LogP contribution >= 0.6 is 34.8 Å². The first-order valence-electron chi connectivity index (χ1n) is 8.95. The first-order valence-corrected chi connectivity index (χ1v) is 10.1. The molecule has 0 unspecified atom stereocenters. The zero-order valence-electron chi connectivity index (χ0n) is 15.5. The summed E-state index contributed by atoms with van der Waals surface area (Å²) in [7, 11) is 2.07. The van der Waals surface area contributed by atoms with Gasteiger partial charge in [0.05, 0.1) is 5.56 Å². The van der Waals surface area contributed by atoms with E-state index in [2.05, 4.69) is 32.2 Å². The Kier molecular flexibility index (Phi) is 6.77. The molecule has 5 nitrogen and oxygen atoms in total. The van der Waals surface area contributed by atoms with Crippen LogP contribution in [0.5, 0.6) is 0 Å². The number of nitrogens with one attached hydrogen (secondary N) is 1. The number of alkyl halides is 6. The minimum absolute atomic E-state index is 0.00157. The van der Waals surface area contributed by atoms with E-state index in [1.807, 2.05) is 0 Å². The maximum Gasteiger partial charge on any atom is 0.416 e. The van der Waals surface area contributed by atoms with Gasteiger partial charge in [-0.15, -0.1) is 0 Å². The average Bonchev–Trinajstić information content (AvgIpc) is 2.66. The molecule has 0 spiro atoms. The predicted molar refractivity (Wildman–Crippen MR) is 108 cm³/mol. The number of aromatic nitrogens is 3. The Morgan fingerprint density at radius 3 is 2.41 bits per heavy atom. The summed E-state index contributed by atoms with van der Waals surface area (Å²) in [4.78, 5) is 14.7. The van der Waals surface area contributed by atoms with Gasteiger partial charge in [0.2, 0.25) is 9.74 Å². The first-order chi connectivity index (χ1) is 13.5. The minimum atomic E-state index is -4.49. The molecule has 11 heteroatoms. The third kappa shape index (κ3) is 6.07. The van der Waals surface area contributed by atoms with Crippen LogP contribution in [0.25, 0.3) is 11.4 Å². The summed E-state index contributed by atoms with van der Waals surface area (Å²) >= 11 is 17.8. The predicted octanol–water partition coefficient (Wildman–Crippen LogP) is 5.14. The maximum absolute atomic E-state index is 13.1. The smallest absolute Gasteiger partial charge is 0.354 e. The van der Waals surface area contributed by atoms with Crippen molar-refractivity contribution in [1.29, 1.82) is 0 Å². The minimum Gasteiger partial charge on any atom is -0.354 e. The SMILES string of the molecule is CN1CCC(CNc2nc(-c3cccc(C(F)(F)F)c3)nc(C(Cl)(Cl)Cl)n2)CC1. The molecule has 2 aromatic rings. The van der Waals surface area contributed by atoms with E-state index in [-0.39, 0.29) is 23.2 Å². The van der Waals surface area contributed by atoms with Crippen LogP contribution in [0.4, 0.5) is 19.1 Å². The fourth-order valence-corrected chi connectivity index (χ4v) is 3.30. The standard InChI is InChI=1S/C18H19Cl3F3N5/c1-29-7-5-11(6-8-29)10-25-16-27-14(26-15(28-16)17(19,20)21)12-3-2-4-13(9-12)18(22,23)24/h2-4,9,11H,5-8,10H2,1H3,(H,25,26,27,28). The zero-order chi connectivity index (χ0) is 21.2. The Morgan fingerprint density at radius 1 is 1.10 bits per heavy atom. The van der Waals surface area contributed by atoms with Crippen LogP contribution < -0.4 is 5.32 Å². The van der Waals surface area contributed by atoms with Crippen molar-refractivity contribution in [3.63, 3.8) is 0 Å². The highest BCUT2D eigenvalue weighted by molar-refractivity contribution is 6.66. The van der Waals surface area contributed by atoms with Gasteiger partial charge >= 0.3 is 6.18 Å². The van der Waals surface area contributed by atoms with E-state index in [1.54, 1.807) is 0 Å². The Balaban J connectivity index is 1.88. The molecule has 1 N–H and O–H groups in total. The highest BCUT2D eigenvalue weighted by atomic mass is 35.6. The quantitative estimate of drug-likeness (QED) is 0.630. The molecule has 2 heterocycles. The van der Waals surface area contributed by atoms with E-state index >= 15 is 0 Å². The lowest BCUT2D eigenvalue weighted by Gasteiger charge is -2.29. The van der Waals surface area contributed by atoms with E-state index < -0.39 is 15.5 Å². The summed E-state index contributed by atoms with van der Waals surface area (Å²) in [5.74, 6) is 0.429. The van der Waals surface area contributed by atoms with Gasteiger partial charge in [0.1, 0.15) is 0 Å². The fraction of sp³-hybridized carbons (Fsp3) is 0.500. The molecule has 29 heavy (non-hydrogen) atoms. The molecular formula is C18H19Cl3F3N5. The number of piperidine rings is 1. The van der Waals surface area contributed by atoms with Crippen molar-refractivity contribution in [2.45, 2.75) is 22.8 Å². The molecule has 0 radical (unpaired) electrons. The first kappa shape index (κ1) is 22.3. The number of nitrogens with zero attached hydrogens (tertiary/aromatic N) is 4. The Hall–Kier alpha value is -1.35. The Labute approximate surface area is 181 Å². The number of hydrogen-bond acceptors (Lipinski definition) is 5. The monoisotopic (exact) mass is 467 g/mol. The molecule has 1 aliphatic heterocycles. The normalized spacial score (nSPS) is 16.8. The van der Waals surface area contributed by atoms with Gasteiger partial charge in [0.25, 0.3) is 0 Å². The highest BCUT2D eigenvalue weighted by Crippen LogP contribution is 2.37. The summed E-state index contributed by atoms with van der Waals surface area (Å²) < 4.78 is 37.2. The molecule has 0 bridgehead atoms. The van der Waals surface area contributed by atoms with E-state index in [0.29, 0.717) is 12.5 Å². The van der Waals surface area contributed by atoms with Gasteiger partial charge in [-0.3, -0.25) is 0 Å². The summed E-state index contributed by atoms with van der Waals surface area (Å²) in [6.45, 7) is 2.61. The van der Waals surface area contributed by atoms with Crippen LogP contribution in [0.3, 0.4) is 0 Å². The molecule has 1 fully saturated rings. The van der Waals surface area contributed by atoms with Crippen LogP contribution in [-0.4, -0.2) is 46.5 Å². The van der Waals surface area contributed by atoms with Crippen molar-refractivity contribution >= 4 is 40.8 Å².